The van der Waals surface area contributed by atoms with E-state index in [-0.39, 0.29) is 23.2 Å². The van der Waals surface area contributed by atoms with Crippen molar-refractivity contribution in [2.45, 2.75) is 26.9 Å². The summed E-state index contributed by atoms with van der Waals surface area (Å²) in [5, 5.41) is 2.81. The number of nitrogens with zero attached hydrogens (tertiary/aromatic N) is 1. The van der Waals surface area contributed by atoms with E-state index in [2.05, 4.69) is 10.3 Å². The maximum absolute atomic E-state index is 12.1. The average molecular weight is 323 g/mol. The Bertz CT molecular complexity index is 578. The molecule has 0 fully saturated rings. The van der Waals surface area contributed by atoms with Gasteiger partial charge in [-0.15, -0.1) is 0 Å². The van der Waals surface area contributed by atoms with E-state index in [1.807, 2.05) is 30.3 Å². The minimum Gasteiger partial charge on any atom is -0.456 e. The van der Waals surface area contributed by atoms with Crippen molar-refractivity contribution in [3.05, 3.63) is 46.6 Å². The summed E-state index contributed by atoms with van der Waals surface area (Å²) in [6.07, 6.45) is 1.07. The predicted molar refractivity (Wildman–Crippen MR) is 86.8 cm³/mol. The monoisotopic (exact) mass is 322 g/mol. The molecular weight excluding hydrogens is 304 g/mol. The Balaban J connectivity index is 2.72. The predicted octanol–water partition coefficient (Wildman–Crippen LogP) is 2.64. The van der Waals surface area contributed by atoms with Crippen molar-refractivity contribution in [1.82, 2.24) is 5.32 Å². The topological polar surface area (TPSA) is 67.8 Å². The molecule has 0 bridgehead atoms. The van der Waals surface area contributed by atoms with E-state index >= 15 is 0 Å². The van der Waals surface area contributed by atoms with Gasteiger partial charge in [0.15, 0.2) is 5.70 Å². The first-order valence-corrected chi connectivity index (χ1v) is 7.19. The van der Waals surface area contributed by atoms with Gasteiger partial charge in [-0.25, -0.2) is 9.79 Å². The quantitative estimate of drug-likeness (QED) is 0.497. The Hall–Kier alpha value is -2.14. The smallest absolute Gasteiger partial charge is 0.358 e. The van der Waals surface area contributed by atoms with Gasteiger partial charge in [0.25, 0.3) is 0 Å². The van der Waals surface area contributed by atoms with Gasteiger partial charge in [-0.05, 0) is 19.4 Å². The Labute approximate surface area is 135 Å². The number of ether oxygens (including phenoxy) is 1. The third-order valence-corrected chi connectivity index (χ3v) is 2.79. The first-order valence-electron chi connectivity index (χ1n) is 6.81. The summed E-state index contributed by atoms with van der Waals surface area (Å²) in [5.74, 6) is -0.813. The zero-order chi connectivity index (χ0) is 16.5. The third kappa shape index (κ3) is 6.54. The van der Waals surface area contributed by atoms with Gasteiger partial charge in [-0.3, -0.25) is 4.79 Å². The Morgan fingerprint density at radius 2 is 1.95 bits per heavy atom. The van der Waals surface area contributed by atoms with Crippen LogP contribution in [0.25, 0.3) is 0 Å². The van der Waals surface area contributed by atoms with E-state index in [0.717, 1.165) is 5.56 Å². The minimum absolute atomic E-state index is 0.0418. The average Bonchev–Trinajstić information content (AvgIpc) is 2.46. The van der Waals surface area contributed by atoms with Crippen molar-refractivity contribution in [2.75, 3.05) is 6.54 Å². The SMILES string of the molecule is CC(=O)NCC(C)OC(=O)/C(N=Cc1ccccc1)=C(/C)Cl. The van der Waals surface area contributed by atoms with Crippen LogP contribution >= 0.6 is 11.6 Å². The molecule has 0 aliphatic heterocycles. The second kappa shape index (κ2) is 9.00. The van der Waals surface area contributed by atoms with Crippen LogP contribution in [0.3, 0.4) is 0 Å². The minimum atomic E-state index is -0.627. The molecule has 0 radical (unpaired) electrons. The summed E-state index contributed by atoms with van der Waals surface area (Å²) in [7, 11) is 0. The first kappa shape index (κ1) is 17.9. The fourth-order valence-electron chi connectivity index (χ4n) is 1.53. The molecular formula is C16H19ClN2O3. The van der Waals surface area contributed by atoms with Crippen molar-refractivity contribution >= 4 is 29.7 Å². The van der Waals surface area contributed by atoms with Crippen LogP contribution in [0.1, 0.15) is 26.3 Å². The van der Waals surface area contributed by atoms with Gasteiger partial charge in [-0.2, -0.15) is 0 Å². The van der Waals surface area contributed by atoms with E-state index in [1.54, 1.807) is 20.1 Å². The molecule has 118 valence electrons. The van der Waals surface area contributed by atoms with Gasteiger partial charge in [0.1, 0.15) is 6.10 Å². The van der Waals surface area contributed by atoms with Gasteiger partial charge in [-0.1, -0.05) is 41.9 Å². The molecule has 0 aliphatic carbocycles. The molecule has 0 spiro atoms. The third-order valence-electron chi connectivity index (χ3n) is 2.61. The van der Waals surface area contributed by atoms with E-state index in [1.165, 1.54) is 6.92 Å². The number of amides is 1. The van der Waals surface area contributed by atoms with Crippen LogP contribution in [0.5, 0.6) is 0 Å². The zero-order valence-electron chi connectivity index (χ0n) is 12.8. The zero-order valence-corrected chi connectivity index (χ0v) is 13.6. The van der Waals surface area contributed by atoms with Crippen molar-refractivity contribution in [1.29, 1.82) is 0 Å². The number of hydrogen-bond donors (Lipinski definition) is 1. The molecule has 1 amide bonds. The van der Waals surface area contributed by atoms with Gasteiger partial charge in [0.05, 0.1) is 6.54 Å². The number of hydrogen-bond acceptors (Lipinski definition) is 4. The van der Waals surface area contributed by atoms with Crippen LogP contribution in [-0.2, 0) is 14.3 Å². The lowest BCUT2D eigenvalue weighted by Gasteiger charge is -2.13. The van der Waals surface area contributed by atoms with Crippen LogP contribution in [-0.4, -0.2) is 30.7 Å². The molecule has 0 aromatic heterocycles. The Kier molecular flexibility index (Phi) is 7.32. The maximum Gasteiger partial charge on any atom is 0.358 e. The Morgan fingerprint density at radius 3 is 2.50 bits per heavy atom. The molecule has 1 atom stereocenters. The highest BCUT2D eigenvalue weighted by Gasteiger charge is 2.16. The summed E-state index contributed by atoms with van der Waals surface area (Å²) >= 11 is 5.91. The summed E-state index contributed by atoms with van der Waals surface area (Å²) < 4.78 is 5.20. The molecule has 1 N–H and O–H groups in total. The van der Waals surface area contributed by atoms with Crippen LogP contribution < -0.4 is 5.32 Å². The number of carbonyl (C=O) groups excluding carboxylic acids is 2. The highest BCUT2D eigenvalue weighted by Crippen LogP contribution is 2.13. The molecule has 6 heteroatoms. The molecule has 1 unspecified atom stereocenters. The fourth-order valence-corrected chi connectivity index (χ4v) is 1.65. The standard InChI is InChI=1S/C16H19ClN2O3/c1-11(9-18-13(3)20)22-16(21)15(12(2)17)19-10-14-7-5-4-6-8-14/h4-8,10-11H,9H2,1-3H3,(H,18,20)/b15-12+,19-10?. The lowest BCUT2D eigenvalue weighted by Crippen LogP contribution is -2.32. The summed E-state index contributed by atoms with van der Waals surface area (Å²) in [4.78, 5) is 27.0. The molecule has 0 saturated heterocycles. The fraction of sp³-hybridized carbons (Fsp3) is 0.312. The molecule has 1 aromatic rings. The van der Waals surface area contributed by atoms with Crippen molar-refractivity contribution in [3.63, 3.8) is 0 Å². The first-order chi connectivity index (χ1) is 10.4. The molecule has 5 nitrogen and oxygen atoms in total. The summed E-state index contributed by atoms with van der Waals surface area (Å²) in [6, 6.07) is 9.34. The molecule has 22 heavy (non-hydrogen) atoms. The lowest BCUT2D eigenvalue weighted by atomic mass is 10.2. The molecule has 1 aromatic carbocycles. The van der Waals surface area contributed by atoms with Gasteiger partial charge >= 0.3 is 5.97 Å². The molecule has 0 aliphatic rings. The lowest BCUT2D eigenvalue weighted by molar-refractivity contribution is -0.143. The number of benzene rings is 1. The van der Waals surface area contributed by atoms with Crippen molar-refractivity contribution < 1.29 is 14.3 Å². The second-order valence-corrected chi connectivity index (χ2v) is 5.27. The number of rotatable bonds is 6. The van der Waals surface area contributed by atoms with Crippen LogP contribution in [0, 0.1) is 0 Å². The van der Waals surface area contributed by atoms with Gasteiger partial charge in [0.2, 0.25) is 5.91 Å². The van der Waals surface area contributed by atoms with Gasteiger partial charge < -0.3 is 10.1 Å². The summed E-state index contributed by atoms with van der Waals surface area (Å²) in [6.45, 7) is 4.87. The van der Waals surface area contributed by atoms with E-state index < -0.39 is 12.1 Å². The normalized spacial score (nSPS) is 13.5. The van der Waals surface area contributed by atoms with Gasteiger partial charge in [0, 0.05) is 18.2 Å². The number of carbonyl (C=O) groups is 2. The number of halogens is 1. The van der Waals surface area contributed by atoms with E-state index in [0.29, 0.717) is 0 Å². The Morgan fingerprint density at radius 1 is 1.32 bits per heavy atom. The number of nitrogens with one attached hydrogen (secondary N) is 1. The highest BCUT2D eigenvalue weighted by atomic mass is 35.5. The highest BCUT2D eigenvalue weighted by molar-refractivity contribution is 6.31. The maximum atomic E-state index is 12.1. The van der Waals surface area contributed by atoms with Crippen molar-refractivity contribution in [2.24, 2.45) is 4.99 Å². The molecule has 0 heterocycles. The van der Waals surface area contributed by atoms with Crippen molar-refractivity contribution in [3.8, 4) is 0 Å². The van der Waals surface area contributed by atoms with E-state index in [4.69, 9.17) is 16.3 Å². The number of allylic oxidation sites excluding steroid dienone is 1. The number of esters is 1. The summed E-state index contributed by atoms with van der Waals surface area (Å²) in [5.41, 5.74) is 0.886. The van der Waals surface area contributed by atoms with E-state index in [9.17, 15) is 9.59 Å². The van der Waals surface area contributed by atoms with Crippen LogP contribution in [0.15, 0.2) is 46.1 Å². The number of aliphatic imine (C=N–C) groups is 1. The molecule has 1 rings (SSSR count). The largest absolute Gasteiger partial charge is 0.456 e. The van der Waals surface area contributed by atoms with Crippen LogP contribution in [0.4, 0.5) is 0 Å². The van der Waals surface area contributed by atoms with Crippen LogP contribution in [0.2, 0.25) is 0 Å². The molecule has 0 saturated carbocycles. The second-order valence-electron chi connectivity index (χ2n) is 4.70.